The molecule has 1 unspecified atom stereocenters. The zero-order valence-corrected chi connectivity index (χ0v) is 17.6. The number of anilines is 1. The molecule has 0 radical (unpaired) electrons. The molecule has 1 aliphatic rings. The van der Waals surface area contributed by atoms with E-state index in [1.54, 1.807) is 12.0 Å². The van der Waals surface area contributed by atoms with E-state index in [9.17, 15) is 4.79 Å². The Hall–Kier alpha value is -2.90. The third-order valence-corrected chi connectivity index (χ3v) is 5.79. The molecule has 1 amide bonds. The van der Waals surface area contributed by atoms with Crippen LogP contribution in [0, 0.1) is 0 Å². The highest BCUT2D eigenvalue weighted by Gasteiger charge is 2.26. The zero-order valence-electron chi connectivity index (χ0n) is 16.8. The molecule has 1 aromatic heterocycles. The second-order valence-electron chi connectivity index (χ2n) is 6.98. The number of hydrogen-bond donors (Lipinski definition) is 0. The Morgan fingerprint density at radius 1 is 1.17 bits per heavy atom. The first-order valence-corrected chi connectivity index (χ1v) is 10.8. The van der Waals surface area contributed by atoms with Gasteiger partial charge in [-0.25, -0.2) is 4.98 Å². The Balaban J connectivity index is 1.51. The maximum atomic E-state index is 13.0. The summed E-state index contributed by atoms with van der Waals surface area (Å²) in [5.41, 5.74) is 1.80. The maximum absolute atomic E-state index is 13.0. The van der Waals surface area contributed by atoms with Gasteiger partial charge in [0.15, 0.2) is 11.7 Å². The summed E-state index contributed by atoms with van der Waals surface area (Å²) < 4.78 is 16.7. The number of ether oxygens (including phenoxy) is 3. The van der Waals surface area contributed by atoms with Crippen LogP contribution in [0.4, 0.5) is 5.13 Å². The first-order valence-electron chi connectivity index (χ1n) is 9.92. The first-order chi connectivity index (χ1) is 14.7. The summed E-state index contributed by atoms with van der Waals surface area (Å²) in [4.78, 5) is 19.4. The number of methoxy groups -OCH3 is 1. The van der Waals surface area contributed by atoms with E-state index < -0.39 is 0 Å². The molecule has 0 aliphatic carbocycles. The van der Waals surface area contributed by atoms with Crippen LogP contribution in [0.3, 0.4) is 0 Å². The lowest BCUT2D eigenvalue weighted by Gasteiger charge is -2.23. The van der Waals surface area contributed by atoms with Crippen molar-refractivity contribution in [2.75, 3.05) is 31.8 Å². The Morgan fingerprint density at radius 2 is 1.97 bits per heavy atom. The summed E-state index contributed by atoms with van der Waals surface area (Å²) in [5.74, 6) is 1.33. The van der Waals surface area contributed by atoms with Gasteiger partial charge in [0.25, 0.3) is 5.91 Å². The Kier molecular flexibility index (Phi) is 6.61. The topological polar surface area (TPSA) is 60.9 Å². The number of carbonyl (C=O) groups is 1. The number of benzene rings is 2. The number of amides is 1. The molecule has 156 valence electrons. The van der Waals surface area contributed by atoms with Crippen LogP contribution in [0.15, 0.2) is 60.0 Å². The molecule has 2 aromatic carbocycles. The second-order valence-corrected chi connectivity index (χ2v) is 7.82. The van der Waals surface area contributed by atoms with E-state index in [2.05, 4.69) is 0 Å². The molecule has 1 fully saturated rings. The number of carbonyl (C=O) groups excluding carboxylic acids is 1. The number of thiazole rings is 1. The fraction of sp³-hybridized carbons (Fsp3) is 0.304. The van der Waals surface area contributed by atoms with Crippen LogP contribution in [0.25, 0.3) is 11.3 Å². The molecule has 30 heavy (non-hydrogen) atoms. The molecular formula is C23H24N2O4S. The van der Waals surface area contributed by atoms with Crippen LogP contribution < -0.4 is 14.4 Å². The molecule has 0 bridgehead atoms. The van der Waals surface area contributed by atoms with Gasteiger partial charge in [0.1, 0.15) is 11.5 Å². The minimum atomic E-state index is -0.134. The quantitative estimate of drug-likeness (QED) is 0.536. The van der Waals surface area contributed by atoms with Crippen LogP contribution in [0.2, 0.25) is 0 Å². The first kappa shape index (κ1) is 20.4. The molecule has 6 nitrogen and oxygen atoms in total. The summed E-state index contributed by atoms with van der Waals surface area (Å²) in [6.07, 6.45) is 1.99. The number of rotatable bonds is 8. The molecule has 3 aromatic rings. The summed E-state index contributed by atoms with van der Waals surface area (Å²) in [6, 6.07) is 17.1. The lowest BCUT2D eigenvalue weighted by Crippen LogP contribution is -2.40. The Morgan fingerprint density at radius 3 is 2.67 bits per heavy atom. The SMILES string of the molecule is COc1ccc(-c2csc(N(CC3CCCO3)C(=O)COc3ccccc3)n2)cc1. The van der Waals surface area contributed by atoms with Crippen molar-refractivity contribution in [2.24, 2.45) is 0 Å². The van der Waals surface area contributed by atoms with Crippen LogP contribution in [0.1, 0.15) is 12.8 Å². The van der Waals surface area contributed by atoms with Gasteiger partial charge in [0.05, 0.1) is 25.5 Å². The fourth-order valence-corrected chi connectivity index (χ4v) is 4.16. The number of nitrogens with zero attached hydrogens (tertiary/aromatic N) is 2. The van der Waals surface area contributed by atoms with Crippen LogP contribution in [0.5, 0.6) is 11.5 Å². The van der Waals surface area contributed by atoms with E-state index in [1.165, 1.54) is 11.3 Å². The van der Waals surface area contributed by atoms with E-state index in [0.717, 1.165) is 36.5 Å². The van der Waals surface area contributed by atoms with Crippen molar-refractivity contribution in [3.05, 3.63) is 60.0 Å². The average molecular weight is 425 g/mol. The second kappa shape index (κ2) is 9.73. The van der Waals surface area contributed by atoms with Crippen molar-refractivity contribution in [2.45, 2.75) is 18.9 Å². The number of para-hydroxylation sites is 1. The van der Waals surface area contributed by atoms with Gasteiger partial charge >= 0.3 is 0 Å². The van der Waals surface area contributed by atoms with E-state index >= 15 is 0 Å². The highest BCUT2D eigenvalue weighted by Crippen LogP contribution is 2.30. The lowest BCUT2D eigenvalue weighted by molar-refractivity contribution is -0.120. The Labute approximate surface area is 180 Å². The van der Waals surface area contributed by atoms with Crippen LogP contribution in [-0.2, 0) is 9.53 Å². The molecule has 2 heterocycles. The molecule has 4 rings (SSSR count). The van der Waals surface area contributed by atoms with Gasteiger partial charge in [-0.2, -0.15) is 0 Å². The van der Waals surface area contributed by atoms with Gasteiger partial charge < -0.3 is 14.2 Å². The van der Waals surface area contributed by atoms with E-state index in [4.69, 9.17) is 19.2 Å². The summed E-state index contributed by atoms with van der Waals surface area (Å²) in [6.45, 7) is 1.17. The smallest absolute Gasteiger partial charge is 0.266 e. The van der Waals surface area contributed by atoms with Crippen molar-refractivity contribution in [3.8, 4) is 22.8 Å². The minimum absolute atomic E-state index is 0.0269. The van der Waals surface area contributed by atoms with Gasteiger partial charge in [-0.3, -0.25) is 9.69 Å². The number of hydrogen-bond acceptors (Lipinski definition) is 6. The van der Waals surface area contributed by atoms with E-state index in [0.29, 0.717) is 17.4 Å². The van der Waals surface area contributed by atoms with Gasteiger partial charge in [-0.1, -0.05) is 18.2 Å². The third kappa shape index (κ3) is 4.98. The van der Waals surface area contributed by atoms with Crippen LogP contribution in [-0.4, -0.2) is 43.9 Å². The predicted molar refractivity (Wildman–Crippen MR) is 117 cm³/mol. The maximum Gasteiger partial charge on any atom is 0.266 e. The van der Waals surface area contributed by atoms with Crippen LogP contribution >= 0.6 is 11.3 Å². The standard InChI is InChI=1S/C23H24N2O4S/c1-27-18-11-9-17(10-12-18)21-16-30-23(24-21)25(14-20-8-5-13-28-20)22(26)15-29-19-6-3-2-4-7-19/h2-4,6-7,9-12,16,20H,5,8,13-15H2,1H3. The van der Waals surface area contributed by atoms with Crippen molar-refractivity contribution in [3.63, 3.8) is 0 Å². The normalized spacial score (nSPS) is 15.7. The van der Waals surface area contributed by atoms with Crippen molar-refractivity contribution in [1.82, 2.24) is 4.98 Å². The molecule has 1 aliphatic heterocycles. The molecule has 1 saturated heterocycles. The minimum Gasteiger partial charge on any atom is -0.497 e. The molecule has 0 N–H and O–H groups in total. The summed E-state index contributed by atoms with van der Waals surface area (Å²) in [5, 5.41) is 2.61. The fourth-order valence-electron chi connectivity index (χ4n) is 3.30. The largest absolute Gasteiger partial charge is 0.497 e. The van der Waals surface area contributed by atoms with Gasteiger partial charge in [-0.05, 0) is 49.2 Å². The average Bonchev–Trinajstić information content (AvgIpc) is 3.49. The summed E-state index contributed by atoms with van der Waals surface area (Å²) >= 11 is 1.45. The Bertz CT molecular complexity index is 953. The van der Waals surface area contributed by atoms with Crippen molar-refractivity contribution < 1.29 is 19.0 Å². The lowest BCUT2D eigenvalue weighted by atomic mass is 10.2. The van der Waals surface area contributed by atoms with Gasteiger partial charge in [-0.15, -0.1) is 11.3 Å². The highest BCUT2D eigenvalue weighted by molar-refractivity contribution is 7.14. The third-order valence-electron chi connectivity index (χ3n) is 4.93. The molecule has 0 spiro atoms. The molecule has 0 saturated carbocycles. The molecule has 1 atom stereocenters. The molecular weight excluding hydrogens is 400 g/mol. The summed E-state index contributed by atoms with van der Waals surface area (Å²) in [7, 11) is 1.64. The number of aromatic nitrogens is 1. The highest BCUT2D eigenvalue weighted by atomic mass is 32.1. The molecule has 7 heteroatoms. The zero-order chi connectivity index (χ0) is 20.8. The van der Waals surface area contributed by atoms with E-state index in [1.807, 2.05) is 60.0 Å². The predicted octanol–water partition coefficient (Wildman–Crippen LogP) is 4.41. The monoisotopic (exact) mass is 424 g/mol. The van der Waals surface area contributed by atoms with Gasteiger partial charge in [0.2, 0.25) is 0 Å². The van der Waals surface area contributed by atoms with Crippen molar-refractivity contribution >= 4 is 22.4 Å². The van der Waals surface area contributed by atoms with Crippen molar-refractivity contribution in [1.29, 1.82) is 0 Å². The van der Waals surface area contributed by atoms with Gasteiger partial charge in [0, 0.05) is 17.6 Å². The van der Waals surface area contributed by atoms with E-state index in [-0.39, 0.29) is 18.6 Å².